The van der Waals surface area contributed by atoms with Crippen LogP contribution in [0.1, 0.15) is 25.0 Å². The Kier molecular flexibility index (Phi) is 4.33. The largest absolute Gasteiger partial charge is 0.508 e. The summed E-state index contributed by atoms with van der Waals surface area (Å²) in [5.41, 5.74) is 2.26. The highest BCUT2D eigenvalue weighted by Crippen LogP contribution is 2.24. The summed E-state index contributed by atoms with van der Waals surface area (Å²) in [6.45, 7) is 6.47. The van der Waals surface area contributed by atoms with Gasteiger partial charge in [-0.15, -0.1) is 0 Å². The molecule has 0 bridgehead atoms. The van der Waals surface area contributed by atoms with Gasteiger partial charge in [-0.1, -0.05) is 31.5 Å². The fourth-order valence-corrected chi connectivity index (χ4v) is 2.27. The van der Waals surface area contributed by atoms with Crippen LogP contribution in [0, 0.1) is 12.8 Å². The number of thioether (sulfide) groups is 1. The highest BCUT2D eigenvalue weighted by molar-refractivity contribution is 7.98. The first-order valence-corrected chi connectivity index (χ1v) is 6.11. The number of aryl methyl sites for hydroxylation is 1. The van der Waals surface area contributed by atoms with Gasteiger partial charge in [-0.2, -0.15) is 11.8 Å². The van der Waals surface area contributed by atoms with Crippen LogP contribution in [0.5, 0.6) is 5.75 Å². The Bertz CT molecular complexity index is 294. The molecule has 0 spiro atoms. The normalized spacial score (nSPS) is 10.9. The molecule has 0 heterocycles. The molecule has 2 heteroatoms. The number of aromatic hydroxyl groups is 1. The third-order valence-corrected chi connectivity index (χ3v) is 3.36. The standard InChI is InChI=1S/C12H18OS/c1-9(2)7-14-8-11-6-10(3)4-5-12(11)13/h4-6,9,13H,7-8H2,1-3H3. The van der Waals surface area contributed by atoms with E-state index in [1.165, 1.54) is 5.56 Å². The second kappa shape index (κ2) is 5.30. The Hall–Kier alpha value is -0.630. The van der Waals surface area contributed by atoms with Crippen LogP contribution in [0.25, 0.3) is 0 Å². The average Bonchev–Trinajstić information content (AvgIpc) is 2.10. The third-order valence-electron chi connectivity index (χ3n) is 1.94. The summed E-state index contributed by atoms with van der Waals surface area (Å²) in [5.74, 6) is 3.19. The first kappa shape index (κ1) is 11.4. The fourth-order valence-electron chi connectivity index (χ4n) is 1.23. The predicted octanol–water partition coefficient (Wildman–Crippen LogP) is 3.59. The summed E-state index contributed by atoms with van der Waals surface area (Å²) in [6, 6.07) is 5.77. The maximum Gasteiger partial charge on any atom is 0.119 e. The lowest BCUT2D eigenvalue weighted by Gasteiger charge is -2.07. The van der Waals surface area contributed by atoms with E-state index in [9.17, 15) is 5.11 Å². The predicted molar refractivity (Wildman–Crippen MR) is 63.8 cm³/mol. The van der Waals surface area contributed by atoms with Crippen LogP contribution in [0.4, 0.5) is 0 Å². The van der Waals surface area contributed by atoms with Crippen LogP contribution in [0.3, 0.4) is 0 Å². The monoisotopic (exact) mass is 210 g/mol. The van der Waals surface area contributed by atoms with Crippen LogP contribution in [0.15, 0.2) is 18.2 Å². The molecule has 0 unspecified atom stereocenters. The van der Waals surface area contributed by atoms with E-state index in [1.807, 2.05) is 17.8 Å². The number of hydrogen-bond donors (Lipinski definition) is 1. The maximum absolute atomic E-state index is 9.59. The van der Waals surface area contributed by atoms with E-state index in [1.54, 1.807) is 6.07 Å². The molecule has 14 heavy (non-hydrogen) atoms. The molecule has 0 aliphatic carbocycles. The Morgan fingerprint density at radius 3 is 2.71 bits per heavy atom. The highest BCUT2D eigenvalue weighted by atomic mass is 32.2. The van der Waals surface area contributed by atoms with E-state index in [2.05, 4.69) is 26.8 Å². The Morgan fingerprint density at radius 2 is 2.07 bits per heavy atom. The zero-order valence-corrected chi connectivity index (χ0v) is 9.90. The molecule has 0 saturated heterocycles. The molecular weight excluding hydrogens is 192 g/mol. The molecule has 1 N–H and O–H groups in total. The number of phenols is 1. The van der Waals surface area contributed by atoms with Crippen molar-refractivity contribution in [3.8, 4) is 5.75 Å². The minimum absolute atomic E-state index is 0.423. The summed E-state index contributed by atoms with van der Waals surface area (Å²) in [7, 11) is 0. The van der Waals surface area contributed by atoms with Gasteiger partial charge < -0.3 is 5.11 Å². The van der Waals surface area contributed by atoms with Gasteiger partial charge in [0.25, 0.3) is 0 Å². The zero-order chi connectivity index (χ0) is 10.6. The fraction of sp³-hybridized carbons (Fsp3) is 0.500. The topological polar surface area (TPSA) is 20.2 Å². The van der Waals surface area contributed by atoms with Crippen LogP contribution in [-0.4, -0.2) is 10.9 Å². The average molecular weight is 210 g/mol. The molecule has 1 rings (SSSR count). The minimum Gasteiger partial charge on any atom is -0.508 e. The molecule has 0 radical (unpaired) electrons. The van der Waals surface area contributed by atoms with Gasteiger partial charge >= 0.3 is 0 Å². The summed E-state index contributed by atoms with van der Waals surface area (Å²) in [5, 5.41) is 9.59. The Labute approximate surface area is 90.5 Å². The van der Waals surface area contributed by atoms with E-state index >= 15 is 0 Å². The zero-order valence-electron chi connectivity index (χ0n) is 9.08. The van der Waals surface area contributed by atoms with E-state index in [0.717, 1.165) is 17.1 Å². The number of phenolic OH excluding ortho intramolecular Hbond substituents is 1. The third kappa shape index (κ3) is 3.62. The molecule has 1 aromatic rings. The summed E-state index contributed by atoms with van der Waals surface area (Å²) >= 11 is 1.88. The molecule has 0 aromatic heterocycles. The van der Waals surface area contributed by atoms with Crippen molar-refractivity contribution in [3.63, 3.8) is 0 Å². The second-order valence-corrected chi connectivity index (χ2v) is 5.07. The minimum atomic E-state index is 0.423. The van der Waals surface area contributed by atoms with E-state index in [0.29, 0.717) is 11.7 Å². The van der Waals surface area contributed by atoms with Gasteiger partial charge in [0.1, 0.15) is 5.75 Å². The van der Waals surface area contributed by atoms with Gasteiger partial charge in [-0.3, -0.25) is 0 Å². The smallest absolute Gasteiger partial charge is 0.119 e. The van der Waals surface area contributed by atoms with Crippen molar-refractivity contribution in [1.29, 1.82) is 0 Å². The molecule has 78 valence electrons. The number of hydrogen-bond acceptors (Lipinski definition) is 2. The number of benzene rings is 1. The highest BCUT2D eigenvalue weighted by Gasteiger charge is 2.02. The van der Waals surface area contributed by atoms with Crippen LogP contribution in [-0.2, 0) is 5.75 Å². The van der Waals surface area contributed by atoms with E-state index < -0.39 is 0 Å². The van der Waals surface area contributed by atoms with Crippen molar-refractivity contribution in [1.82, 2.24) is 0 Å². The molecule has 1 aromatic carbocycles. The Balaban J connectivity index is 2.53. The maximum atomic E-state index is 9.59. The molecule has 0 aliphatic heterocycles. The first-order valence-electron chi connectivity index (χ1n) is 4.96. The van der Waals surface area contributed by atoms with Gasteiger partial charge in [0.2, 0.25) is 0 Å². The molecule has 0 amide bonds. The first-order chi connectivity index (χ1) is 6.59. The van der Waals surface area contributed by atoms with Gasteiger partial charge in [0, 0.05) is 11.3 Å². The van der Waals surface area contributed by atoms with Gasteiger partial charge in [0.15, 0.2) is 0 Å². The van der Waals surface area contributed by atoms with Gasteiger partial charge in [-0.05, 0) is 24.7 Å². The Morgan fingerprint density at radius 1 is 1.36 bits per heavy atom. The van der Waals surface area contributed by atoms with Gasteiger partial charge in [-0.25, -0.2) is 0 Å². The van der Waals surface area contributed by atoms with Crippen molar-refractivity contribution in [2.75, 3.05) is 5.75 Å². The van der Waals surface area contributed by atoms with Crippen LogP contribution >= 0.6 is 11.8 Å². The number of rotatable bonds is 4. The summed E-state index contributed by atoms with van der Waals surface area (Å²) in [4.78, 5) is 0. The molecular formula is C12H18OS. The molecule has 1 nitrogen and oxygen atoms in total. The van der Waals surface area contributed by atoms with E-state index in [-0.39, 0.29) is 0 Å². The summed E-state index contributed by atoms with van der Waals surface area (Å²) < 4.78 is 0. The summed E-state index contributed by atoms with van der Waals surface area (Å²) in [6.07, 6.45) is 0. The lowest BCUT2D eigenvalue weighted by Crippen LogP contribution is -1.92. The van der Waals surface area contributed by atoms with Crippen molar-refractivity contribution < 1.29 is 5.11 Å². The van der Waals surface area contributed by atoms with Crippen molar-refractivity contribution >= 4 is 11.8 Å². The molecule has 0 fully saturated rings. The van der Waals surface area contributed by atoms with Crippen molar-refractivity contribution in [3.05, 3.63) is 29.3 Å². The van der Waals surface area contributed by atoms with Crippen LogP contribution in [0.2, 0.25) is 0 Å². The lowest BCUT2D eigenvalue weighted by atomic mass is 10.1. The van der Waals surface area contributed by atoms with Crippen molar-refractivity contribution in [2.24, 2.45) is 5.92 Å². The van der Waals surface area contributed by atoms with E-state index in [4.69, 9.17) is 0 Å². The van der Waals surface area contributed by atoms with Crippen molar-refractivity contribution in [2.45, 2.75) is 26.5 Å². The second-order valence-electron chi connectivity index (χ2n) is 4.04. The molecule has 0 saturated carbocycles. The quantitative estimate of drug-likeness (QED) is 0.819. The van der Waals surface area contributed by atoms with Crippen LogP contribution < -0.4 is 0 Å². The SMILES string of the molecule is Cc1ccc(O)c(CSCC(C)C)c1. The molecule has 0 atom stereocenters. The van der Waals surface area contributed by atoms with Gasteiger partial charge in [0.05, 0.1) is 0 Å². The lowest BCUT2D eigenvalue weighted by molar-refractivity contribution is 0.470. The molecule has 0 aliphatic rings.